The van der Waals surface area contributed by atoms with E-state index in [0.717, 1.165) is 49.7 Å². The summed E-state index contributed by atoms with van der Waals surface area (Å²) in [5, 5.41) is 3.04. The number of ether oxygens (including phenoxy) is 1. The number of piperidine rings is 1. The summed E-state index contributed by atoms with van der Waals surface area (Å²) >= 11 is 0. The molecular weight excluding hydrogens is 328 g/mol. The van der Waals surface area contributed by atoms with E-state index in [0.29, 0.717) is 31.2 Å². The summed E-state index contributed by atoms with van der Waals surface area (Å²) in [6.45, 7) is 4.97. The van der Waals surface area contributed by atoms with Gasteiger partial charge in [0.25, 0.3) is 5.91 Å². The molecule has 3 rings (SSSR count). The molecular formula is C21H30N2O3. The number of hydrogen-bond donors (Lipinski definition) is 1. The highest BCUT2D eigenvalue weighted by atomic mass is 16.6. The first kappa shape index (κ1) is 18.7. The van der Waals surface area contributed by atoms with Gasteiger partial charge >= 0.3 is 6.09 Å². The van der Waals surface area contributed by atoms with Crippen LogP contribution in [0.4, 0.5) is 4.79 Å². The Morgan fingerprint density at radius 2 is 1.88 bits per heavy atom. The molecule has 2 aliphatic rings. The van der Waals surface area contributed by atoms with Crippen molar-refractivity contribution in [1.82, 2.24) is 10.2 Å². The minimum Gasteiger partial charge on any atom is -0.450 e. The Labute approximate surface area is 156 Å². The lowest BCUT2D eigenvalue weighted by Crippen LogP contribution is -2.46. The molecule has 26 heavy (non-hydrogen) atoms. The first-order chi connectivity index (χ1) is 12.6. The van der Waals surface area contributed by atoms with Crippen molar-refractivity contribution in [3.63, 3.8) is 0 Å². The fraction of sp³-hybridized carbons (Fsp3) is 0.619. The van der Waals surface area contributed by atoms with E-state index in [1.54, 1.807) is 0 Å². The molecule has 2 atom stereocenters. The number of amides is 2. The molecule has 5 heteroatoms. The maximum atomic E-state index is 12.2. The van der Waals surface area contributed by atoms with Crippen molar-refractivity contribution in [2.45, 2.75) is 64.5 Å². The van der Waals surface area contributed by atoms with Gasteiger partial charge in [0.05, 0.1) is 6.61 Å². The van der Waals surface area contributed by atoms with Crippen LogP contribution in [0.15, 0.2) is 24.3 Å². The number of rotatable bonds is 6. The summed E-state index contributed by atoms with van der Waals surface area (Å²) in [7, 11) is 0. The van der Waals surface area contributed by atoms with Crippen molar-refractivity contribution in [3.05, 3.63) is 35.4 Å². The maximum Gasteiger partial charge on any atom is 0.410 e. The smallest absolute Gasteiger partial charge is 0.410 e. The highest BCUT2D eigenvalue weighted by Crippen LogP contribution is 2.40. The number of carbonyl (C=O) groups is 2. The van der Waals surface area contributed by atoms with E-state index in [4.69, 9.17) is 4.74 Å². The van der Waals surface area contributed by atoms with Crippen molar-refractivity contribution in [2.24, 2.45) is 5.92 Å². The molecule has 5 nitrogen and oxygen atoms in total. The number of hydrogen-bond acceptors (Lipinski definition) is 3. The van der Waals surface area contributed by atoms with E-state index < -0.39 is 0 Å². The third kappa shape index (κ3) is 4.19. The predicted molar refractivity (Wildman–Crippen MR) is 101 cm³/mol. The SMILES string of the molecule is CCOC(=O)N1C2CCC1CC(CCCNC(=O)c1ccccc1C)C2. The van der Waals surface area contributed by atoms with Crippen LogP contribution in [-0.2, 0) is 4.74 Å². The molecule has 0 aliphatic carbocycles. The first-order valence-corrected chi connectivity index (χ1v) is 9.89. The van der Waals surface area contributed by atoms with Gasteiger partial charge in [-0.25, -0.2) is 4.79 Å². The molecule has 0 spiro atoms. The van der Waals surface area contributed by atoms with Crippen molar-refractivity contribution in [3.8, 4) is 0 Å². The molecule has 1 aromatic rings. The normalized spacial score (nSPS) is 24.4. The van der Waals surface area contributed by atoms with Gasteiger partial charge in [0, 0.05) is 24.2 Å². The molecule has 2 saturated heterocycles. The molecule has 0 radical (unpaired) electrons. The lowest BCUT2D eigenvalue weighted by Gasteiger charge is -2.38. The van der Waals surface area contributed by atoms with Crippen LogP contribution in [0.5, 0.6) is 0 Å². The van der Waals surface area contributed by atoms with E-state index >= 15 is 0 Å². The van der Waals surface area contributed by atoms with Gasteiger partial charge in [-0.2, -0.15) is 0 Å². The topological polar surface area (TPSA) is 58.6 Å². The van der Waals surface area contributed by atoms with Crippen LogP contribution < -0.4 is 5.32 Å². The van der Waals surface area contributed by atoms with E-state index in [1.165, 1.54) is 0 Å². The quantitative estimate of drug-likeness (QED) is 0.785. The van der Waals surface area contributed by atoms with Gasteiger partial charge in [-0.15, -0.1) is 0 Å². The molecule has 0 aromatic heterocycles. The Hall–Kier alpha value is -2.04. The fourth-order valence-corrected chi connectivity index (χ4v) is 4.54. The second-order valence-electron chi connectivity index (χ2n) is 7.54. The fourth-order valence-electron chi connectivity index (χ4n) is 4.54. The average molecular weight is 358 g/mol. The number of fused-ring (bicyclic) bond motifs is 2. The van der Waals surface area contributed by atoms with Crippen LogP contribution in [0.25, 0.3) is 0 Å². The Morgan fingerprint density at radius 3 is 2.54 bits per heavy atom. The van der Waals surface area contributed by atoms with Crippen LogP contribution in [0, 0.1) is 12.8 Å². The Kier molecular flexibility index (Phi) is 6.17. The zero-order valence-corrected chi connectivity index (χ0v) is 15.9. The minimum absolute atomic E-state index is 0.0142. The molecule has 2 fully saturated rings. The number of benzene rings is 1. The number of aryl methyl sites for hydroxylation is 1. The zero-order chi connectivity index (χ0) is 18.5. The van der Waals surface area contributed by atoms with Crippen molar-refractivity contribution in [2.75, 3.05) is 13.2 Å². The molecule has 2 unspecified atom stereocenters. The molecule has 2 aliphatic heterocycles. The molecule has 0 saturated carbocycles. The number of nitrogens with one attached hydrogen (secondary N) is 1. The number of carbonyl (C=O) groups excluding carboxylic acids is 2. The van der Waals surface area contributed by atoms with E-state index in [9.17, 15) is 9.59 Å². The van der Waals surface area contributed by atoms with Crippen molar-refractivity contribution >= 4 is 12.0 Å². The van der Waals surface area contributed by atoms with E-state index in [-0.39, 0.29) is 12.0 Å². The summed E-state index contributed by atoms with van der Waals surface area (Å²) < 4.78 is 5.21. The Balaban J connectivity index is 1.41. The summed E-state index contributed by atoms with van der Waals surface area (Å²) in [6, 6.07) is 8.37. The van der Waals surface area contributed by atoms with Gasteiger partial charge in [-0.05, 0) is 69.9 Å². The van der Waals surface area contributed by atoms with Gasteiger partial charge in [0.2, 0.25) is 0 Å². The van der Waals surface area contributed by atoms with Gasteiger partial charge in [0.15, 0.2) is 0 Å². The van der Waals surface area contributed by atoms with Crippen LogP contribution >= 0.6 is 0 Å². The minimum atomic E-state index is -0.135. The predicted octanol–water partition coefficient (Wildman–Crippen LogP) is 3.90. The second kappa shape index (κ2) is 8.56. The highest BCUT2D eigenvalue weighted by Gasteiger charge is 2.43. The molecule has 2 heterocycles. The highest BCUT2D eigenvalue weighted by molar-refractivity contribution is 5.95. The zero-order valence-electron chi connectivity index (χ0n) is 15.9. The monoisotopic (exact) mass is 358 g/mol. The number of nitrogens with zero attached hydrogens (tertiary/aromatic N) is 1. The average Bonchev–Trinajstić information content (AvgIpc) is 2.90. The van der Waals surface area contributed by atoms with Gasteiger partial charge < -0.3 is 15.0 Å². The summed E-state index contributed by atoms with van der Waals surface area (Å²) in [5.74, 6) is 0.661. The van der Waals surface area contributed by atoms with Gasteiger partial charge in [-0.3, -0.25) is 4.79 Å². The lowest BCUT2D eigenvalue weighted by molar-refractivity contribution is 0.0588. The first-order valence-electron chi connectivity index (χ1n) is 9.89. The molecule has 1 N–H and O–H groups in total. The summed E-state index contributed by atoms with van der Waals surface area (Å²) in [5.41, 5.74) is 1.77. The molecule has 2 bridgehead atoms. The Morgan fingerprint density at radius 1 is 1.19 bits per heavy atom. The van der Waals surface area contributed by atoms with E-state index in [2.05, 4.69) is 5.32 Å². The summed E-state index contributed by atoms with van der Waals surface area (Å²) in [6.07, 6.45) is 6.30. The standard InChI is InChI=1S/C21H30N2O3/c1-3-26-21(25)23-17-10-11-18(23)14-16(13-17)8-6-12-22-20(24)19-9-5-4-7-15(19)2/h4-5,7,9,16-18H,3,6,8,10-14H2,1-2H3,(H,22,24). The maximum absolute atomic E-state index is 12.2. The van der Waals surface area contributed by atoms with Crippen molar-refractivity contribution < 1.29 is 14.3 Å². The van der Waals surface area contributed by atoms with Gasteiger partial charge in [-0.1, -0.05) is 18.2 Å². The molecule has 1 aromatic carbocycles. The van der Waals surface area contributed by atoms with Gasteiger partial charge in [0.1, 0.15) is 0 Å². The lowest BCUT2D eigenvalue weighted by atomic mass is 9.87. The second-order valence-corrected chi connectivity index (χ2v) is 7.54. The van der Waals surface area contributed by atoms with Crippen LogP contribution in [0.2, 0.25) is 0 Å². The van der Waals surface area contributed by atoms with Crippen LogP contribution in [-0.4, -0.2) is 42.1 Å². The van der Waals surface area contributed by atoms with Crippen LogP contribution in [0.3, 0.4) is 0 Å². The largest absolute Gasteiger partial charge is 0.450 e. The van der Waals surface area contributed by atoms with Crippen molar-refractivity contribution in [1.29, 1.82) is 0 Å². The third-order valence-corrected chi connectivity index (χ3v) is 5.77. The summed E-state index contributed by atoms with van der Waals surface area (Å²) in [4.78, 5) is 26.3. The molecule has 142 valence electrons. The molecule has 2 amide bonds. The van der Waals surface area contributed by atoms with Crippen LogP contribution in [0.1, 0.15) is 61.4 Å². The third-order valence-electron chi connectivity index (χ3n) is 5.77. The Bertz CT molecular complexity index is 632. The van der Waals surface area contributed by atoms with E-state index in [1.807, 2.05) is 43.0 Å².